The molecule has 2 rings (SSSR count). The van der Waals surface area contributed by atoms with Gasteiger partial charge < -0.3 is 10.2 Å². The van der Waals surface area contributed by atoms with Crippen LogP contribution in [-0.2, 0) is 0 Å². The van der Waals surface area contributed by atoms with E-state index in [4.69, 9.17) is 0 Å². The van der Waals surface area contributed by atoms with Crippen LogP contribution in [0.3, 0.4) is 0 Å². The number of benzene rings is 1. The lowest BCUT2D eigenvalue weighted by Gasteiger charge is -2.34. The van der Waals surface area contributed by atoms with Gasteiger partial charge in [-0.2, -0.15) is 0 Å². The molecule has 0 aliphatic heterocycles. The van der Waals surface area contributed by atoms with Crippen LogP contribution in [0.1, 0.15) is 97.1 Å². The van der Waals surface area contributed by atoms with Crippen LogP contribution >= 0.6 is 0 Å². The van der Waals surface area contributed by atoms with E-state index in [1.165, 1.54) is 29.5 Å². The number of rotatable bonds is 8. The van der Waals surface area contributed by atoms with E-state index < -0.39 is 5.60 Å². The third-order valence-electron chi connectivity index (χ3n) is 6.53. The molecule has 1 aliphatic rings. The van der Waals surface area contributed by atoms with Crippen LogP contribution in [0, 0.1) is 11.8 Å². The van der Waals surface area contributed by atoms with E-state index in [1.807, 2.05) is 13.8 Å². The quantitative estimate of drug-likeness (QED) is 0.560. The molecule has 2 nitrogen and oxygen atoms in total. The second-order valence-electron chi connectivity index (χ2n) is 9.41. The first kappa shape index (κ1) is 22.2. The molecule has 4 unspecified atom stereocenters. The third-order valence-corrected chi connectivity index (χ3v) is 6.53. The molecule has 0 amide bonds. The predicted octanol–water partition coefficient (Wildman–Crippen LogP) is 6.32. The van der Waals surface area contributed by atoms with Gasteiger partial charge in [-0.05, 0) is 80.9 Å². The highest BCUT2D eigenvalue weighted by Crippen LogP contribution is 2.43. The molecular formula is C25H40O2. The van der Waals surface area contributed by atoms with Crippen LogP contribution in [0.5, 0.6) is 0 Å². The first-order valence-electron chi connectivity index (χ1n) is 10.8. The van der Waals surface area contributed by atoms with Crippen LogP contribution < -0.4 is 0 Å². The maximum absolute atomic E-state index is 11.2. The van der Waals surface area contributed by atoms with Crippen molar-refractivity contribution < 1.29 is 10.2 Å². The van der Waals surface area contributed by atoms with Gasteiger partial charge in [0.05, 0.1) is 11.7 Å². The fourth-order valence-electron chi connectivity index (χ4n) is 4.51. The molecule has 0 aromatic heterocycles. The molecule has 1 aromatic carbocycles. The van der Waals surface area contributed by atoms with Crippen LogP contribution in [0.15, 0.2) is 29.8 Å². The Balaban J connectivity index is 2.36. The first-order chi connectivity index (χ1) is 12.6. The molecule has 4 atom stereocenters. The number of hydrogen-bond donors (Lipinski definition) is 2. The van der Waals surface area contributed by atoms with Gasteiger partial charge in [0.1, 0.15) is 0 Å². The van der Waals surface area contributed by atoms with E-state index in [1.54, 1.807) is 5.57 Å². The van der Waals surface area contributed by atoms with Gasteiger partial charge in [-0.15, -0.1) is 0 Å². The number of hydrogen-bond acceptors (Lipinski definition) is 2. The average Bonchev–Trinajstić information content (AvgIpc) is 2.60. The number of aliphatic hydroxyl groups is 2. The molecule has 0 bridgehead atoms. The van der Waals surface area contributed by atoms with Crippen molar-refractivity contribution >= 4 is 5.57 Å². The van der Waals surface area contributed by atoms with E-state index in [9.17, 15) is 10.2 Å². The predicted molar refractivity (Wildman–Crippen MR) is 116 cm³/mol. The molecule has 0 saturated carbocycles. The molecule has 2 heteroatoms. The molecule has 1 aliphatic carbocycles. The summed E-state index contributed by atoms with van der Waals surface area (Å²) in [4.78, 5) is 0. The maximum atomic E-state index is 11.2. The standard InChI is InChI=1S/C25H40O2/c1-17(2)21-14-13-18(3)16-24(21)23-12-8-7-11-22(23)20(5)25(6,27)15-9-10-19(4)26/h7-8,11-12,17-20,26-27H,9-10,13-16H2,1-6H3. The van der Waals surface area contributed by atoms with E-state index in [-0.39, 0.29) is 12.0 Å². The van der Waals surface area contributed by atoms with Gasteiger partial charge in [0.25, 0.3) is 0 Å². The summed E-state index contributed by atoms with van der Waals surface area (Å²) >= 11 is 0. The molecule has 0 radical (unpaired) electrons. The molecule has 27 heavy (non-hydrogen) atoms. The van der Waals surface area contributed by atoms with Crippen LogP contribution in [-0.4, -0.2) is 21.9 Å². The van der Waals surface area contributed by atoms with Crippen molar-refractivity contribution in [1.82, 2.24) is 0 Å². The summed E-state index contributed by atoms with van der Waals surface area (Å²) < 4.78 is 0. The zero-order valence-electron chi connectivity index (χ0n) is 18.3. The Morgan fingerprint density at radius 1 is 1.15 bits per heavy atom. The van der Waals surface area contributed by atoms with Crippen LogP contribution in [0.4, 0.5) is 0 Å². The largest absolute Gasteiger partial charge is 0.393 e. The van der Waals surface area contributed by atoms with Gasteiger partial charge in [-0.25, -0.2) is 0 Å². The summed E-state index contributed by atoms with van der Waals surface area (Å²) in [5, 5.41) is 20.7. The van der Waals surface area contributed by atoms with Crippen molar-refractivity contribution in [3.8, 4) is 0 Å². The summed E-state index contributed by atoms with van der Waals surface area (Å²) in [5.74, 6) is 1.35. The summed E-state index contributed by atoms with van der Waals surface area (Å²) in [6, 6.07) is 8.70. The van der Waals surface area contributed by atoms with E-state index in [2.05, 4.69) is 52.0 Å². The Labute approximate surface area is 166 Å². The fraction of sp³-hybridized carbons (Fsp3) is 0.680. The lowest BCUT2D eigenvalue weighted by atomic mass is 9.73. The minimum absolute atomic E-state index is 0.0563. The van der Waals surface area contributed by atoms with Crippen LogP contribution in [0.2, 0.25) is 0 Å². The van der Waals surface area contributed by atoms with E-state index in [0.29, 0.717) is 12.3 Å². The van der Waals surface area contributed by atoms with Crippen molar-refractivity contribution in [2.75, 3.05) is 0 Å². The zero-order chi connectivity index (χ0) is 20.2. The Hall–Kier alpha value is -1.12. The Morgan fingerprint density at radius 2 is 1.81 bits per heavy atom. The Bertz CT molecular complexity index is 639. The van der Waals surface area contributed by atoms with Gasteiger partial charge in [-0.3, -0.25) is 0 Å². The van der Waals surface area contributed by atoms with Crippen LogP contribution in [0.25, 0.3) is 5.57 Å². The van der Waals surface area contributed by atoms with E-state index >= 15 is 0 Å². The first-order valence-corrected chi connectivity index (χ1v) is 10.8. The molecule has 0 heterocycles. The summed E-state index contributed by atoms with van der Waals surface area (Å²) in [7, 11) is 0. The average molecular weight is 373 g/mol. The second-order valence-corrected chi connectivity index (χ2v) is 9.41. The SMILES string of the molecule is CC(O)CCCC(C)(O)C(C)c1ccccc1C1=C(C(C)C)CCC(C)C1. The Kier molecular flexibility index (Phi) is 7.71. The minimum Gasteiger partial charge on any atom is -0.393 e. The monoisotopic (exact) mass is 372 g/mol. The summed E-state index contributed by atoms with van der Waals surface area (Å²) in [6.07, 6.45) is 5.61. The van der Waals surface area contributed by atoms with Gasteiger partial charge >= 0.3 is 0 Å². The molecule has 2 N–H and O–H groups in total. The smallest absolute Gasteiger partial charge is 0.0685 e. The minimum atomic E-state index is -0.774. The maximum Gasteiger partial charge on any atom is 0.0685 e. The van der Waals surface area contributed by atoms with Crippen molar-refractivity contribution in [3.05, 3.63) is 41.0 Å². The van der Waals surface area contributed by atoms with Crippen molar-refractivity contribution in [1.29, 1.82) is 0 Å². The van der Waals surface area contributed by atoms with Gasteiger partial charge in [0.2, 0.25) is 0 Å². The zero-order valence-corrected chi connectivity index (χ0v) is 18.3. The van der Waals surface area contributed by atoms with Gasteiger partial charge in [0.15, 0.2) is 0 Å². The molecule has 1 aromatic rings. The highest BCUT2D eigenvalue weighted by atomic mass is 16.3. The third kappa shape index (κ3) is 5.68. The highest BCUT2D eigenvalue weighted by molar-refractivity contribution is 5.73. The topological polar surface area (TPSA) is 40.5 Å². The van der Waals surface area contributed by atoms with Crippen molar-refractivity contribution in [2.24, 2.45) is 11.8 Å². The van der Waals surface area contributed by atoms with Crippen molar-refractivity contribution in [3.63, 3.8) is 0 Å². The second kappa shape index (κ2) is 9.39. The molecule has 0 fully saturated rings. The summed E-state index contributed by atoms with van der Waals surface area (Å²) in [5.41, 5.74) is 4.95. The Morgan fingerprint density at radius 3 is 2.44 bits per heavy atom. The van der Waals surface area contributed by atoms with Gasteiger partial charge in [0, 0.05) is 5.92 Å². The van der Waals surface area contributed by atoms with Crippen molar-refractivity contribution in [2.45, 2.75) is 97.7 Å². The van der Waals surface area contributed by atoms with E-state index in [0.717, 1.165) is 25.2 Å². The normalized spacial score (nSPS) is 22.6. The number of aliphatic hydroxyl groups excluding tert-OH is 1. The van der Waals surface area contributed by atoms with Gasteiger partial charge in [-0.1, -0.05) is 57.5 Å². The number of allylic oxidation sites excluding steroid dienone is 2. The molecule has 152 valence electrons. The molecule has 0 spiro atoms. The lowest BCUT2D eigenvalue weighted by molar-refractivity contribution is 0.0220. The molecular weight excluding hydrogens is 332 g/mol. The fourth-order valence-corrected chi connectivity index (χ4v) is 4.51. The lowest BCUT2D eigenvalue weighted by Crippen LogP contribution is -2.32. The highest BCUT2D eigenvalue weighted by Gasteiger charge is 2.32. The molecule has 0 saturated heterocycles. The summed E-state index contributed by atoms with van der Waals surface area (Å²) in [6.45, 7) is 12.9.